The van der Waals surface area contributed by atoms with Crippen molar-refractivity contribution in [2.45, 2.75) is 25.4 Å². The highest BCUT2D eigenvalue weighted by molar-refractivity contribution is 6.05. The second-order valence-corrected chi connectivity index (χ2v) is 7.07. The van der Waals surface area contributed by atoms with Crippen LogP contribution in [0.25, 0.3) is 10.9 Å². The molecule has 148 valence electrons. The van der Waals surface area contributed by atoms with Crippen LogP contribution in [0.15, 0.2) is 60.8 Å². The van der Waals surface area contributed by atoms with Crippen LogP contribution < -0.4 is 10.6 Å². The number of imide groups is 1. The minimum absolute atomic E-state index is 0.0685. The van der Waals surface area contributed by atoms with Gasteiger partial charge in [0.15, 0.2) is 0 Å². The summed E-state index contributed by atoms with van der Waals surface area (Å²) < 4.78 is 0. The van der Waals surface area contributed by atoms with Crippen molar-refractivity contribution < 1.29 is 14.4 Å². The van der Waals surface area contributed by atoms with E-state index in [-0.39, 0.29) is 24.8 Å². The van der Waals surface area contributed by atoms with Gasteiger partial charge < -0.3 is 15.6 Å². The maximum absolute atomic E-state index is 12.6. The van der Waals surface area contributed by atoms with Gasteiger partial charge >= 0.3 is 6.03 Å². The first-order valence-electron chi connectivity index (χ1n) is 9.59. The SMILES string of the molecule is O=C(C[C@@H]1NC(=O)N(CCc2c[nH]c3ccccc23)C1=O)NCc1ccccc1. The number of hydrogen-bond donors (Lipinski definition) is 3. The summed E-state index contributed by atoms with van der Waals surface area (Å²) in [6.45, 7) is 0.660. The number of urea groups is 1. The molecule has 3 N–H and O–H groups in total. The molecule has 1 aromatic heterocycles. The lowest BCUT2D eigenvalue weighted by atomic mass is 10.1. The first kappa shape index (κ1) is 18.7. The second kappa shape index (κ2) is 8.18. The van der Waals surface area contributed by atoms with Crippen molar-refractivity contribution in [3.63, 3.8) is 0 Å². The van der Waals surface area contributed by atoms with E-state index in [0.29, 0.717) is 13.0 Å². The first-order valence-corrected chi connectivity index (χ1v) is 9.59. The van der Waals surface area contributed by atoms with Gasteiger partial charge in [-0.2, -0.15) is 0 Å². The number of para-hydroxylation sites is 1. The molecule has 29 heavy (non-hydrogen) atoms. The number of carbonyl (C=O) groups excluding carboxylic acids is 3. The fourth-order valence-electron chi connectivity index (χ4n) is 3.55. The molecule has 1 atom stereocenters. The highest BCUT2D eigenvalue weighted by Gasteiger charge is 2.38. The average Bonchev–Trinajstić information content (AvgIpc) is 3.26. The van der Waals surface area contributed by atoms with Crippen LogP contribution in [0.2, 0.25) is 0 Å². The number of rotatable bonds is 7. The van der Waals surface area contributed by atoms with E-state index >= 15 is 0 Å². The molecule has 0 unspecified atom stereocenters. The molecule has 2 aromatic carbocycles. The third-order valence-corrected chi connectivity index (χ3v) is 5.11. The average molecular weight is 390 g/mol. The van der Waals surface area contributed by atoms with Gasteiger partial charge in [0.25, 0.3) is 5.91 Å². The number of fused-ring (bicyclic) bond motifs is 1. The molecule has 2 heterocycles. The number of hydrogen-bond acceptors (Lipinski definition) is 3. The Morgan fingerprint density at radius 3 is 2.62 bits per heavy atom. The Labute approximate surface area is 168 Å². The van der Waals surface area contributed by atoms with Crippen LogP contribution in [0.3, 0.4) is 0 Å². The summed E-state index contributed by atoms with van der Waals surface area (Å²) in [4.78, 5) is 41.4. The van der Waals surface area contributed by atoms with Crippen molar-refractivity contribution in [2.75, 3.05) is 6.54 Å². The molecule has 0 radical (unpaired) electrons. The largest absolute Gasteiger partial charge is 0.361 e. The molecule has 1 fully saturated rings. The number of benzene rings is 2. The zero-order valence-electron chi connectivity index (χ0n) is 15.9. The lowest BCUT2D eigenvalue weighted by molar-refractivity contribution is -0.130. The summed E-state index contributed by atoms with van der Waals surface area (Å²) in [5.74, 6) is -0.629. The predicted molar refractivity (Wildman–Crippen MR) is 109 cm³/mol. The number of carbonyl (C=O) groups is 3. The van der Waals surface area contributed by atoms with E-state index in [0.717, 1.165) is 22.0 Å². The lowest BCUT2D eigenvalue weighted by Crippen LogP contribution is -2.36. The molecule has 0 spiro atoms. The zero-order chi connectivity index (χ0) is 20.2. The van der Waals surface area contributed by atoms with Crippen molar-refractivity contribution in [1.29, 1.82) is 0 Å². The van der Waals surface area contributed by atoms with Crippen molar-refractivity contribution in [1.82, 2.24) is 20.5 Å². The smallest absolute Gasteiger partial charge is 0.324 e. The first-order chi connectivity index (χ1) is 14.1. The number of H-pyrrole nitrogens is 1. The van der Waals surface area contributed by atoms with Crippen LogP contribution >= 0.6 is 0 Å². The Morgan fingerprint density at radius 1 is 1.03 bits per heavy atom. The Morgan fingerprint density at radius 2 is 1.79 bits per heavy atom. The molecular formula is C22H22N4O3. The molecule has 0 saturated carbocycles. The van der Waals surface area contributed by atoms with Gasteiger partial charge in [-0.25, -0.2) is 4.79 Å². The minimum atomic E-state index is -0.818. The molecule has 7 nitrogen and oxygen atoms in total. The third-order valence-electron chi connectivity index (χ3n) is 5.11. The van der Waals surface area contributed by atoms with Crippen molar-refractivity contribution in [3.05, 3.63) is 71.9 Å². The molecule has 1 saturated heterocycles. The van der Waals surface area contributed by atoms with Gasteiger partial charge in [-0.3, -0.25) is 14.5 Å². The van der Waals surface area contributed by atoms with Crippen molar-refractivity contribution >= 4 is 28.7 Å². The standard InChI is InChI=1S/C22H22N4O3/c27-20(24-13-15-6-2-1-3-7-15)12-19-21(28)26(22(29)25-19)11-10-16-14-23-18-9-5-4-8-17(16)18/h1-9,14,19,23H,10-13H2,(H,24,27)(H,25,29)/t19-/m0/s1. The highest BCUT2D eigenvalue weighted by atomic mass is 16.2. The quantitative estimate of drug-likeness (QED) is 0.541. The van der Waals surface area contributed by atoms with E-state index in [4.69, 9.17) is 0 Å². The molecule has 4 rings (SSSR count). The molecule has 1 aliphatic heterocycles. The van der Waals surface area contributed by atoms with Crippen LogP contribution in [-0.4, -0.2) is 40.3 Å². The topological polar surface area (TPSA) is 94.3 Å². The molecule has 4 amide bonds. The van der Waals surface area contributed by atoms with Gasteiger partial charge in [-0.1, -0.05) is 48.5 Å². The molecule has 0 bridgehead atoms. The highest BCUT2D eigenvalue weighted by Crippen LogP contribution is 2.19. The van der Waals surface area contributed by atoms with Crippen LogP contribution in [0.5, 0.6) is 0 Å². The summed E-state index contributed by atoms with van der Waals surface area (Å²) in [7, 11) is 0. The van der Waals surface area contributed by atoms with Crippen LogP contribution in [0.1, 0.15) is 17.5 Å². The lowest BCUT2D eigenvalue weighted by Gasteiger charge is -2.13. The van der Waals surface area contributed by atoms with Crippen LogP contribution in [-0.2, 0) is 22.6 Å². The zero-order valence-corrected chi connectivity index (χ0v) is 15.9. The van der Waals surface area contributed by atoms with Gasteiger partial charge in [-0.05, 0) is 23.6 Å². The molecule has 0 aliphatic carbocycles. The number of aromatic nitrogens is 1. The summed E-state index contributed by atoms with van der Waals surface area (Å²) >= 11 is 0. The van der Waals surface area contributed by atoms with Gasteiger partial charge in [-0.15, -0.1) is 0 Å². The normalized spacial score (nSPS) is 16.3. The summed E-state index contributed by atoms with van der Waals surface area (Å²) in [5, 5.41) is 6.48. The van der Waals surface area contributed by atoms with E-state index in [9.17, 15) is 14.4 Å². The summed E-state index contributed by atoms with van der Waals surface area (Å²) in [6.07, 6.45) is 2.38. The molecule has 3 aromatic rings. The van der Waals surface area contributed by atoms with Gasteiger partial charge in [0.05, 0.1) is 6.42 Å². The van der Waals surface area contributed by atoms with E-state index in [1.807, 2.05) is 60.8 Å². The fraction of sp³-hybridized carbons (Fsp3) is 0.227. The maximum atomic E-state index is 12.6. The number of nitrogens with zero attached hydrogens (tertiary/aromatic N) is 1. The van der Waals surface area contributed by atoms with Crippen molar-refractivity contribution in [3.8, 4) is 0 Å². The molecular weight excluding hydrogens is 368 g/mol. The second-order valence-electron chi connectivity index (χ2n) is 7.07. The number of nitrogens with one attached hydrogen (secondary N) is 3. The Hall–Kier alpha value is -3.61. The Balaban J connectivity index is 1.31. The van der Waals surface area contributed by atoms with E-state index in [1.54, 1.807) is 0 Å². The molecule has 7 heteroatoms. The Bertz CT molecular complexity index is 1040. The van der Waals surface area contributed by atoms with Gasteiger partial charge in [0, 0.05) is 30.2 Å². The van der Waals surface area contributed by atoms with Crippen LogP contribution in [0.4, 0.5) is 4.79 Å². The third kappa shape index (κ3) is 4.13. The minimum Gasteiger partial charge on any atom is -0.361 e. The Kier molecular flexibility index (Phi) is 5.29. The van der Waals surface area contributed by atoms with E-state index in [2.05, 4.69) is 15.6 Å². The van der Waals surface area contributed by atoms with Gasteiger partial charge in [0.2, 0.25) is 5.91 Å². The van der Waals surface area contributed by atoms with Gasteiger partial charge in [0.1, 0.15) is 6.04 Å². The summed E-state index contributed by atoms with van der Waals surface area (Å²) in [5.41, 5.74) is 3.04. The van der Waals surface area contributed by atoms with E-state index < -0.39 is 12.1 Å². The fourth-order valence-corrected chi connectivity index (χ4v) is 3.55. The summed E-state index contributed by atoms with van der Waals surface area (Å²) in [6, 6.07) is 16.2. The van der Waals surface area contributed by atoms with Crippen LogP contribution in [0, 0.1) is 0 Å². The maximum Gasteiger partial charge on any atom is 0.324 e. The monoisotopic (exact) mass is 390 g/mol. The van der Waals surface area contributed by atoms with Crippen molar-refractivity contribution in [2.24, 2.45) is 0 Å². The van der Waals surface area contributed by atoms with E-state index in [1.165, 1.54) is 4.90 Å². The number of amides is 4. The molecule has 1 aliphatic rings. The predicted octanol–water partition coefficient (Wildman–Crippen LogP) is 2.34. The number of aromatic amines is 1.